The lowest BCUT2D eigenvalue weighted by atomic mass is 9.95. The first-order chi connectivity index (χ1) is 18.4. The third kappa shape index (κ3) is 5.41. The number of nitrogens with one attached hydrogen (secondary N) is 3. The third-order valence-electron chi connectivity index (χ3n) is 6.66. The summed E-state index contributed by atoms with van der Waals surface area (Å²) >= 11 is 0. The quantitative estimate of drug-likeness (QED) is 0.322. The predicted octanol–water partition coefficient (Wildman–Crippen LogP) is 4.35. The molecule has 0 saturated carbocycles. The fourth-order valence-corrected chi connectivity index (χ4v) is 4.73. The summed E-state index contributed by atoms with van der Waals surface area (Å²) in [7, 11) is 0. The normalized spacial score (nSPS) is 18.2. The van der Waals surface area contributed by atoms with Gasteiger partial charge in [0, 0.05) is 42.8 Å². The Balaban J connectivity index is 1.16. The van der Waals surface area contributed by atoms with Crippen LogP contribution >= 0.6 is 0 Å². The highest BCUT2D eigenvalue weighted by atomic mass is 19.2. The van der Waals surface area contributed by atoms with Crippen molar-refractivity contribution in [3.05, 3.63) is 94.8 Å². The molecule has 0 radical (unpaired) electrons. The zero-order chi connectivity index (χ0) is 26.6. The molecule has 1 aromatic heterocycles. The number of halogens is 2. The van der Waals surface area contributed by atoms with Crippen molar-refractivity contribution in [2.45, 2.75) is 19.4 Å². The van der Waals surface area contributed by atoms with Gasteiger partial charge in [0.1, 0.15) is 5.92 Å². The number of carbonyl (C=O) groups excluding carboxylic acids is 3. The number of anilines is 1. The van der Waals surface area contributed by atoms with Crippen LogP contribution in [0.2, 0.25) is 0 Å². The molecule has 38 heavy (non-hydrogen) atoms. The average Bonchev–Trinajstić information content (AvgIpc) is 3.53. The van der Waals surface area contributed by atoms with Gasteiger partial charge >= 0.3 is 0 Å². The van der Waals surface area contributed by atoms with E-state index in [0.717, 1.165) is 29.0 Å². The van der Waals surface area contributed by atoms with Crippen LogP contribution in [0.5, 0.6) is 0 Å². The topological polar surface area (TPSA) is 94.3 Å². The molecule has 3 aromatic rings. The van der Waals surface area contributed by atoms with Crippen LogP contribution in [0.3, 0.4) is 0 Å². The van der Waals surface area contributed by atoms with E-state index in [1.807, 2.05) is 36.4 Å². The predicted molar refractivity (Wildman–Crippen MR) is 140 cm³/mol. The van der Waals surface area contributed by atoms with E-state index in [0.29, 0.717) is 36.2 Å². The minimum atomic E-state index is -0.965. The highest BCUT2D eigenvalue weighted by Gasteiger charge is 2.34. The van der Waals surface area contributed by atoms with Crippen LogP contribution in [-0.2, 0) is 20.9 Å². The maximum Gasteiger partial charge on any atom is 0.256 e. The molecule has 1 saturated heterocycles. The number of aromatic nitrogens is 1. The maximum atomic E-state index is 13.5. The van der Waals surface area contributed by atoms with E-state index in [1.54, 1.807) is 18.3 Å². The van der Waals surface area contributed by atoms with Crippen LogP contribution in [0.15, 0.2) is 60.8 Å². The molecular formula is C29H26F2N4O3. The molecular weight excluding hydrogens is 490 g/mol. The fourth-order valence-electron chi connectivity index (χ4n) is 4.73. The Labute approximate surface area is 218 Å². The number of amides is 3. The number of piperidine rings is 1. The van der Waals surface area contributed by atoms with Gasteiger partial charge in [0.25, 0.3) is 5.91 Å². The van der Waals surface area contributed by atoms with Crippen LogP contribution in [0.25, 0.3) is 17.7 Å². The Hall–Kier alpha value is -4.53. The lowest BCUT2D eigenvalue weighted by Gasteiger charge is -2.31. The second kappa shape index (κ2) is 10.8. The molecule has 0 bridgehead atoms. The van der Waals surface area contributed by atoms with Gasteiger partial charge in [-0.3, -0.25) is 14.4 Å². The highest BCUT2D eigenvalue weighted by Crippen LogP contribution is 2.34. The first-order valence-electron chi connectivity index (χ1n) is 12.4. The number of aromatic amines is 1. The van der Waals surface area contributed by atoms with Gasteiger partial charge in [-0.15, -0.1) is 0 Å². The van der Waals surface area contributed by atoms with Crippen molar-refractivity contribution in [1.82, 2.24) is 15.2 Å². The summed E-state index contributed by atoms with van der Waals surface area (Å²) in [6, 6.07) is 12.9. The molecule has 2 aliphatic rings. The number of benzene rings is 2. The van der Waals surface area contributed by atoms with Gasteiger partial charge in [0.05, 0.1) is 5.57 Å². The lowest BCUT2D eigenvalue weighted by Crippen LogP contribution is -2.47. The zero-order valence-electron chi connectivity index (χ0n) is 20.5. The number of nitrogens with zero attached hydrogens (tertiary/aromatic N) is 1. The monoisotopic (exact) mass is 516 g/mol. The summed E-state index contributed by atoms with van der Waals surface area (Å²) < 4.78 is 26.7. The molecule has 1 unspecified atom stereocenters. The summed E-state index contributed by atoms with van der Waals surface area (Å²) in [6.07, 6.45) is 8.28. The minimum Gasteiger partial charge on any atom is -0.362 e. The average molecular weight is 517 g/mol. The van der Waals surface area contributed by atoms with Crippen LogP contribution in [0, 0.1) is 17.6 Å². The molecule has 9 heteroatoms. The van der Waals surface area contributed by atoms with E-state index in [2.05, 4.69) is 15.6 Å². The van der Waals surface area contributed by atoms with Crippen molar-refractivity contribution in [2.24, 2.45) is 5.92 Å². The highest BCUT2D eigenvalue weighted by molar-refractivity contribution is 6.34. The van der Waals surface area contributed by atoms with E-state index in [-0.39, 0.29) is 30.8 Å². The van der Waals surface area contributed by atoms with Crippen molar-refractivity contribution in [3.63, 3.8) is 0 Å². The van der Waals surface area contributed by atoms with E-state index < -0.39 is 17.6 Å². The van der Waals surface area contributed by atoms with E-state index in [1.165, 1.54) is 11.0 Å². The molecule has 0 spiro atoms. The van der Waals surface area contributed by atoms with E-state index in [4.69, 9.17) is 0 Å². The second-order valence-electron chi connectivity index (χ2n) is 9.29. The van der Waals surface area contributed by atoms with Gasteiger partial charge < -0.3 is 20.5 Å². The molecule has 194 valence electrons. The first-order valence-corrected chi connectivity index (χ1v) is 12.4. The molecule has 7 nitrogen and oxygen atoms in total. The van der Waals surface area contributed by atoms with Gasteiger partial charge in [-0.05, 0) is 60.4 Å². The van der Waals surface area contributed by atoms with Crippen molar-refractivity contribution in [3.8, 4) is 0 Å². The number of hydrogen-bond donors (Lipinski definition) is 3. The van der Waals surface area contributed by atoms with Gasteiger partial charge in [-0.2, -0.15) is 0 Å². The van der Waals surface area contributed by atoms with Crippen LogP contribution < -0.4 is 10.6 Å². The molecule has 1 atom stereocenters. The summed E-state index contributed by atoms with van der Waals surface area (Å²) in [6.45, 7) is 0.808. The standard InChI is InChI=1S/C29H26F2N4O3/c30-24-10-8-19(14-25(24)31)17-35-13-3-6-22(29(35)38)27(36)33-12-1-4-18-7-9-21-23(16-20-5-2-11-32-20)28(37)34-26(21)15-18/h1-2,4-5,7-11,14-16,22,32H,3,6,12-13,17H2,(H,33,36)(H,34,37)/b4-1+,23-16+. The SMILES string of the molecule is O=C1Nc2cc(/C=C/CNC(=O)C3CCCN(Cc4ccc(F)c(F)c4)C3=O)ccc2/C1=C\c1ccc[nH]1. The molecule has 0 aliphatic carbocycles. The van der Waals surface area contributed by atoms with Gasteiger partial charge in [0.2, 0.25) is 11.8 Å². The Kier molecular flexibility index (Phi) is 7.17. The van der Waals surface area contributed by atoms with Gasteiger partial charge in [-0.25, -0.2) is 8.78 Å². The summed E-state index contributed by atoms with van der Waals surface area (Å²) in [4.78, 5) is 42.6. The summed E-state index contributed by atoms with van der Waals surface area (Å²) in [5.41, 5.74) is 4.28. The number of H-pyrrole nitrogens is 1. The number of fused-ring (bicyclic) bond motifs is 1. The van der Waals surface area contributed by atoms with Crippen molar-refractivity contribution in [1.29, 1.82) is 0 Å². The van der Waals surface area contributed by atoms with Crippen molar-refractivity contribution in [2.75, 3.05) is 18.4 Å². The molecule has 2 aliphatic heterocycles. The summed E-state index contributed by atoms with van der Waals surface area (Å²) in [5, 5.41) is 5.66. The molecule has 1 fully saturated rings. The van der Waals surface area contributed by atoms with Crippen LogP contribution in [0.1, 0.15) is 35.2 Å². The number of rotatable bonds is 7. The number of hydrogen-bond acceptors (Lipinski definition) is 3. The molecule has 3 amide bonds. The largest absolute Gasteiger partial charge is 0.362 e. The maximum absolute atomic E-state index is 13.5. The third-order valence-corrected chi connectivity index (χ3v) is 6.66. The van der Waals surface area contributed by atoms with Gasteiger partial charge in [-0.1, -0.05) is 30.4 Å². The Bertz CT molecular complexity index is 1450. The Morgan fingerprint density at radius 1 is 1.11 bits per heavy atom. The van der Waals surface area contributed by atoms with E-state index >= 15 is 0 Å². The zero-order valence-corrected chi connectivity index (χ0v) is 20.5. The smallest absolute Gasteiger partial charge is 0.256 e. The minimum absolute atomic E-state index is 0.122. The fraction of sp³-hybridized carbons (Fsp3) is 0.207. The second-order valence-corrected chi connectivity index (χ2v) is 9.29. The molecule has 3 N–H and O–H groups in total. The first kappa shape index (κ1) is 25.1. The molecule has 3 heterocycles. The Morgan fingerprint density at radius 2 is 1.97 bits per heavy atom. The van der Waals surface area contributed by atoms with Crippen molar-refractivity contribution < 1.29 is 23.2 Å². The lowest BCUT2D eigenvalue weighted by molar-refractivity contribution is -0.145. The van der Waals surface area contributed by atoms with Crippen LogP contribution in [0.4, 0.5) is 14.5 Å². The van der Waals surface area contributed by atoms with Crippen LogP contribution in [-0.4, -0.2) is 40.7 Å². The number of carbonyl (C=O) groups is 3. The number of likely N-dealkylation sites (tertiary alicyclic amines) is 1. The van der Waals surface area contributed by atoms with Crippen molar-refractivity contribution >= 4 is 41.1 Å². The van der Waals surface area contributed by atoms with E-state index in [9.17, 15) is 23.2 Å². The summed E-state index contributed by atoms with van der Waals surface area (Å²) in [5.74, 6) is -3.58. The Morgan fingerprint density at radius 3 is 2.76 bits per heavy atom. The molecule has 2 aromatic carbocycles. The molecule has 5 rings (SSSR count). The van der Waals surface area contributed by atoms with Gasteiger partial charge in [0.15, 0.2) is 11.6 Å².